The van der Waals surface area contributed by atoms with Gasteiger partial charge in [-0.1, -0.05) is 12.1 Å². The van der Waals surface area contributed by atoms with Gasteiger partial charge < -0.3 is 19.9 Å². The van der Waals surface area contributed by atoms with Crippen molar-refractivity contribution in [2.45, 2.75) is 0 Å². The lowest BCUT2D eigenvalue weighted by Crippen LogP contribution is -2.47. The second-order valence-corrected chi connectivity index (χ2v) is 6.66. The highest BCUT2D eigenvalue weighted by atomic mass is 16.5. The first kappa shape index (κ1) is 19.6. The number of amides is 2. The van der Waals surface area contributed by atoms with Gasteiger partial charge in [0, 0.05) is 37.4 Å². The van der Waals surface area contributed by atoms with Crippen molar-refractivity contribution in [3.8, 4) is 0 Å². The molecule has 28 heavy (non-hydrogen) atoms. The van der Waals surface area contributed by atoms with Crippen LogP contribution in [0.25, 0.3) is 0 Å². The van der Waals surface area contributed by atoms with Crippen molar-refractivity contribution in [3.63, 3.8) is 0 Å². The number of hydrogen-bond donors (Lipinski definition) is 1. The Balaban J connectivity index is 1.69. The Hall–Kier alpha value is -3.19. The normalized spacial score (nSPS) is 14.4. The first-order chi connectivity index (χ1) is 13.5. The molecule has 2 amide bonds. The Labute approximate surface area is 163 Å². The number of benzene rings is 2. The van der Waals surface area contributed by atoms with E-state index in [1.54, 1.807) is 48.5 Å². The number of piperazine rings is 1. The average molecular weight is 381 g/mol. The Bertz CT molecular complexity index is 871. The fourth-order valence-corrected chi connectivity index (χ4v) is 3.06. The zero-order chi connectivity index (χ0) is 20.1. The predicted octanol–water partition coefficient (Wildman–Crippen LogP) is 2.11. The zero-order valence-corrected chi connectivity index (χ0v) is 16.0. The minimum absolute atomic E-state index is 0.0120. The van der Waals surface area contributed by atoms with Gasteiger partial charge in [0.15, 0.2) is 0 Å². The Morgan fingerprint density at radius 1 is 0.893 bits per heavy atom. The number of carbonyl (C=O) groups is 3. The second-order valence-electron chi connectivity index (χ2n) is 6.66. The molecule has 0 unspecified atom stereocenters. The topological polar surface area (TPSA) is 78.9 Å². The summed E-state index contributed by atoms with van der Waals surface area (Å²) < 4.78 is 4.72. The standard InChI is InChI=1S/C21H23N3O4/c1-23-11-13-24(14-12-23)20(26)15-7-9-16(10-8-15)22-19(25)17-5-3-4-6-18(17)21(27)28-2/h3-10H,11-14H2,1-2H3,(H,22,25). The van der Waals surface area contributed by atoms with E-state index in [1.807, 2.05) is 11.9 Å². The Morgan fingerprint density at radius 3 is 2.11 bits per heavy atom. The van der Waals surface area contributed by atoms with Crippen molar-refractivity contribution in [3.05, 3.63) is 65.2 Å². The molecule has 1 aliphatic heterocycles. The van der Waals surface area contributed by atoms with E-state index in [4.69, 9.17) is 4.74 Å². The number of nitrogens with zero attached hydrogens (tertiary/aromatic N) is 2. The van der Waals surface area contributed by atoms with Gasteiger partial charge in [-0.25, -0.2) is 4.79 Å². The molecule has 1 aliphatic rings. The summed E-state index contributed by atoms with van der Waals surface area (Å²) in [6.45, 7) is 3.13. The number of likely N-dealkylation sites (N-methyl/N-ethyl adjacent to an activating group) is 1. The number of ether oxygens (including phenoxy) is 1. The first-order valence-electron chi connectivity index (χ1n) is 9.06. The van der Waals surface area contributed by atoms with Gasteiger partial charge in [-0.15, -0.1) is 0 Å². The van der Waals surface area contributed by atoms with Crippen molar-refractivity contribution in [2.24, 2.45) is 0 Å². The van der Waals surface area contributed by atoms with Crippen LogP contribution in [0.3, 0.4) is 0 Å². The number of nitrogens with one attached hydrogen (secondary N) is 1. The molecule has 0 atom stereocenters. The van der Waals surface area contributed by atoms with Crippen LogP contribution in [0.2, 0.25) is 0 Å². The first-order valence-corrected chi connectivity index (χ1v) is 9.06. The third-order valence-corrected chi connectivity index (χ3v) is 4.76. The Morgan fingerprint density at radius 2 is 1.50 bits per heavy atom. The third-order valence-electron chi connectivity index (χ3n) is 4.76. The average Bonchev–Trinajstić information content (AvgIpc) is 2.73. The maximum atomic E-state index is 12.6. The van der Waals surface area contributed by atoms with Crippen LogP contribution in [-0.2, 0) is 4.74 Å². The van der Waals surface area contributed by atoms with Gasteiger partial charge in [-0.05, 0) is 43.4 Å². The molecular formula is C21H23N3O4. The Kier molecular flexibility index (Phi) is 6.06. The van der Waals surface area contributed by atoms with Crippen LogP contribution in [0.1, 0.15) is 31.1 Å². The predicted molar refractivity (Wildman–Crippen MR) is 106 cm³/mol. The minimum Gasteiger partial charge on any atom is -0.465 e. The van der Waals surface area contributed by atoms with Crippen LogP contribution in [-0.4, -0.2) is 67.9 Å². The lowest BCUT2D eigenvalue weighted by Gasteiger charge is -2.32. The summed E-state index contributed by atoms with van der Waals surface area (Å²) >= 11 is 0. The molecule has 7 heteroatoms. The number of rotatable bonds is 4. The molecule has 1 heterocycles. The highest BCUT2D eigenvalue weighted by Crippen LogP contribution is 2.16. The van der Waals surface area contributed by atoms with Crippen LogP contribution < -0.4 is 5.32 Å². The molecule has 0 spiro atoms. The molecule has 0 radical (unpaired) electrons. The number of carbonyl (C=O) groups excluding carboxylic acids is 3. The maximum Gasteiger partial charge on any atom is 0.338 e. The molecule has 146 valence electrons. The summed E-state index contributed by atoms with van der Waals surface area (Å²) in [7, 11) is 3.31. The lowest BCUT2D eigenvalue weighted by molar-refractivity contribution is 0.0596. The molecule has 2 aromatic rings. The molecule has 7 nitrogen and oxygen atoms in total. The van der Waals surface area contributed by atoms with Gasteiger partial charge in [-0.2, -0.15) is 0 Å². The van der Waals surface area contributed by atoms with E-state index in [2.05, 4.69) is 10.2 Å². The molecule has 2 aromatic carbocycles. The summed E-state index contributed by atoms with van der Waals surface area (Å²) in [6, 6.07) is 13.2. The summed E-state index contributed by atoms with van der Waals surface area (Å²) in [5.74, 6) is -1.000. The molecule has 0 bridgehead atoms. The van der Waals surface area contributed by atoms with Crippen LogP contribution >= 0.6 is 0 Å². The zero-order valence-electron chi connectivity index (χ0n) is 16.0. The van der Waals surface area contributed by atoms with Gasteiger partial charge in [0.05, 0.1) is 18.2 Å². The van der Waals surface area contributed by atoms with Gasteiger partial charge in [0.1, 0.15) is 0 Å². The van der Waals surface area contributed by atoms with Gasteiger partial charge in [0.25, 0.3) is 11.8 Å². The van der Waals surface area contributed by atoms with E-state index < -0.39 is 11.9 Å². The summed E-state index contributed by atoms with van der Waals surface area (Å²) in [5.41, 5.74) is 1.55. The van der Waals surface area contributed by atoms with Gasteiger partial charge >= 0.3 is 5.97 Å². The van der Waals surface area contributed by atoms with Crippen LogP contribution in [0.5, 0.6) is 0 Å². The molecule has 0 saturated carbocycles. The molecule has 3 rings (SSSR count). The highest BCUT2D eigenvalue weighted by Gasteiger charge is 2.21. The largest absolute Gasteiger partial charge is 0.465 e. The van der Waals surface area contributed by atoms with E-state index in [-0.39, 0.29) is 17.0 Å². The van der Waals surface area contributed by atoms with E-state index in [1.165, 1.54) is 7.11 Å². The van der Waals surface area contributed by atoms with Crippen LogP contribution in [0.15, 0.2) is 48.5 Å². The summed E-state index contributed by atoms with van der Waals surface area (Å²) in [4.78, 5) is 41.0. The van der Waals surface area contributed by atoms with Gasteiger partial charge in [0.2, 0.25) is 0 Å². The summed E-state index contributed by atoms with van der Waals surface area (Å²) in [6.07, 6.45) is 0. The van der Waals surface area contributed by atoms with Crippen molar-refractivity contribution in [1.29, 1.82) is 0 Å². The minimum atomic E-state index is -0.570. The fraction of sp³-hybridized carbons (Fsp3) is 0.286. The molecule has 1 saturated heterocycles. The quantitative estimate of drug-likeness (QED) is 0.821. The van der Waals surface area contributed by atoms with E-state index in [0.29, 0.717) is 24.3 Å². The smallest absolute Gasteiger partial charge is 0.338 e. The van der Waals surface area contributed by atoms with Crippen molar-refractivity contribution < 1.29 is 19.1 Å². The molecule has 1 N–H and O–H groups in total. The lowest BCUT2D eigenvalue weighted by atomic mass is 10.1. The van der Waals surface area contributed by atoms with Crippen molar-refractivity contribution in [1.82, 2.24) is 9.80 Å². The van der Waals surface area contributed by atoms with E-state index >= 15 is 0 Å². The number of anilines is 1. The molecule has 0 aromatic heterocycles. The SMILES string of the molecule is COC(=O)c1ccccc1C(=O)Nc1ccc(C(=O)N2CCN(C)CC2)cc1. The number of methoxy groups -OCH3 is 1. The van der Waals surface area contributed by atoms with E-state index in [0.717, 1.165) is 13.1 Å². The molecule has 1 fully saturated rings. The highest BCUT2D eigenvalue weighted by molar-refractivity contribution is 6.11. The third kappa shape index (κ3) is 4.37. The number of esters is 1. The monoisotopic (exact) mass is 381 g/mol. The molecule has 0 aliphatic carbocycles. The van der Waals surface area contributed by atoms with Crippen LogP contribution in [0.4, 0.5) is 5.69 Å². The second kappa shape index (κ2) is 8.67. The molecular weight excluding hydrogens is 358 g/mol. The van der Waals surface area contributed by atoms with Crippen molar-refractivity contribution in [2.75, 3.05) is 45.7 Å². The maximum absolute atomic E-state index is 12.6. The van der Waals surface area contributed by atoms with Crippen LogP contribution in [0, 0.1) is 0 Å². The van der Waals surface area contributed by atoms with Crippen molar-refractivity contribution >= 4 is 23.5 Å². The summed E-state index contributed by atoms with van der Waals surface area (Å²) in [5, 5.41) is 2.75. The number of hydrogen-bond acceptors (Lipinski definition) is 5. The fourth-order valence-electron chi connectivity index (χ4n) is 3.06. The van der Waals surface area contributed by atoms with Gasteiger partial charge in [-0.3, -0.25) is 9.59 Å². The van der Waals surface area contributed by atoms with E-state index in [9.17, 15) is 14.4 Å².